The number of amides is 1. The Labute approximate surface area is 104 Å². The van der Waals surface area contributed by atoms with Crippen LogP contribution in [-0.4, -0.2) is 17.0 Å². The highest BCUT2D eigenvalue weighted by Gasteiger charge is 2.48. The van der Waals surface area contributed by atoms with Crippen molar-refractivity contribution in [3.63, 3.8) is 0 Å². The molecule has 1 aromatic rings. The van der Waals surface area contributed by atoms with Crippen molar-refractivity contribution >= 4 is 11.9 Å². The van der Waals surface area contributed by atoms with Crippen molar-refractivity contribution in [1.29, 1.82) is 0 Å². The van der Waals surface area contributed by atoms with Crippen LogP contribution < -0.4 is 5.32 Å². The minimum atomic E-state index is -0.872. The van der Waals surface area contributed by atoms with E-state index in [-0.39, 0.29) is 17.9 Å². The molecule has 1 unspecified atom stereocenters. The number of carboxylic acids is 1. The van der Waals surface area contributed by atoms with Gasteiger partial charge in [-0.15, -0.1) is 0 Å². The Bertz CT molecular complexity index is 493. The van der Waals surface area contributed by atoms with Gasteiger partial charge in [0.15, 0.2) is 0 Å². The van der Waals surface area contributed by atoms with E-state index in [0.29, 0.717) is 6.42 Å². The molecule has 0 aliphatic heterocycles. The van der Waals surface area contributed by atoms with Gasteiger partial charge >= 0.3 is 5.97 Å². The summed E-state index contributed by atoms with van der Waals surface area (Å²) < 4.78 is 5.36. The second kappa shape index (κ2) is 4.15. The lowest BCUT2D eigenvalue weighted by Crippen LogP contribution is -2.32. The summed E-state index contributed by atoms with van der Waals surface area (Å²) >= 11 is 0. The molecule has 1 heterocycles. The van der Waals surface area contributed by atoms with Crippen LogP contribution in [0.3, 0.4) is 0 Å². The molecule has 2 N–H and O–H groups in total. The fourth-order valence-electron chi connectivity index (χ4n) is 2.67. The maximum Gasteiger partial charge on any atom is 0.307 e. The Kier molecular flexibility index (Phi) is 2.61. The first-order valence-corrected chi connectivity index (χ1v) is 6.26. The van der Waals surface area contributed by atoms with Crippen molar-refractivity contribution in [3.8, 4) is 0 Å². The molecule has 0 spiro atoms. The van der Waals surface area contributed by atoms with Gasteiger partial charge in [0.25, 0.3) is 0 Å². The van der Waals surface area contributed by atoms with Crippen molar-refractivity contribution < 1.29 is 19.1 Å². The lowest BCUT2D eigenvalue weighted by Gasteiger charge is -2.22. The van der Waals surface area contributed by atoms with E-state index >= 15 is 0 Å². The van der Waals surface area contributed by atoms with Gasteiger partial charge in [0.2, 0.25) is 5.91 Å². The van der Waals surface area contributed by atoms with Crippen LogP contribution in [0.2, 0.25) is 0 Å². The first kappa shape index (κ1) is 11.3. The Hall–Kier alpha value is -1.78. The molecule has 2 aliphatic rings. The normalized spacial score (nSPS) is 29.4. The van der Waals surface area contributed by atoms with Crippen LogP contribution >= 0.6 is 0 Å². The van der Waals surface area contributed by atoms with Crippen molar-refractivity contribution in [2.24, 2.45) is 11.8 Å². The van der Waals surface area contributed by atoms with Gasteiger partial charge in [-0.1, -0.05) is 0 Å². The van der Waals surface area contributed by atoms with Crippen molar-refractivity contribution in [3.05, 3.63) is 23.7 Å². The topological polar surface area (TPSA) is 79.5 Å². The lowest BCUT2D eigenvalue weighted by atomic mass is 9.93. The summed E-state index contributed by atoms with van der Waals surface area (Å²) in [4.78, 5) is 22.6. The van der Waals surface area contributed by atoms with Gasteiger partial charge in [-0.25, -0.2) is 0 Å². The minimum absolute atomic E-state index is 0.0185. The van der Waals surface area contributed by atoms with Gasteiger partial charge in [-0.2, -0.15) is 0 Å². The van der Waals surface area contributed by atoms with Crippen molar-refractivity contribution in [2.75, 3.05) is 0 Å². The summed E-state index contributed by atoms with van der Waals surface area (Å²) in [7, 11) is 0. The van der Waals surface area contributed by atoms with Crippen molar-refractivity contribution in [1.82, 2.24) is 5.32 Å². The average molecular weight is 249 g/mol. The van der Waals surface area contributed by atoms with E-state index in [4.69, 9.17) is 9.52 Å². The summed E-state index contributed by atoms with van der Waals surface area (Å²) in [6, 6.07) is 1.87. The minimum Gasteiger partial charge on any atom is -0.481 e. The molecule has 96 valence electrons. The molecule has 1 saturated carbocycles. The van der Waals surface area contributed by atoms with Crippen LogP contribution in [0.5, 0.6) is 0 Å². The van der Waals surface area contributed by atoms with E-state index in [1.54, 1.807) is 6.26 Å². The van der Waals surface area contributed by atoms with Crippen LogP contribution in [0.25, 0.3) is 0 Å². The third-order valence-corrected chi connectivity index (χ3v) is 3.81. The second-order valence-electron chi connectivity index (χ2n) is 5.04. The maximum atomic E-state index is 11.9. The largest absolute Gasteiger partial charge is 0.481 e. The SMILES string of the molecule is O=C(O)[C@H]1C[C@H]1C(=O)NC1CCCc2occc21. The van der Waals surface area contributed by atoms with E-state index in [9.17, 15) is 9.59 Å². The van der Waals surface area contributed by atoms with Crippen LogP contribution in [0.4, 0.5) is 0 Å². The summed E-state index contributed by atoms with van der Waals surface area (Å²) in [6.45, 7) is 0. The number of aryl methyl sites for hydroxylation is 1. The van der Waals surface area contributed by atoms with E-state index < -0.39 is 11.9 Å². The summed E-state index contributed by atoms with van der Waals surface area (Å²) in [6.07, 6.45) is 4.90. The number of carboxylic acid groups (broad SMARTS) is 1. The highest BCUT2D eigenvalue weighted by atomic mass is 16.4. The molecule has 1 aromatic heterocycles. The molecule has 18 heavy (non-hydrogen) atoms. The number of rotatable bonds is 3. The van der Waals surface area contributed by atoms with Gasteiger partial charge in [0, 0.05) is 12.0 Å². The molecular formula is C13H15NO4. The number of carbonyl (C=O) groups is 2. The van der Waals surface area contributed by atoms with E-state index in [1.165, 1.54) is 0 Å². The monoisotopic (exact) mass is 249 g/mol. The fourth-order valence-corrected chi connectivity index (χ4v) is 2.67. The number of fused-ring (bicyclic) bond motifs is 1. The Morgan fingerprint density at radius 1 is 1.39 bits per heavy atom. The lowest BCUT2D eigenvalue weighted by molar-refractivity contribution is -0.140. The molecule has 5 nitrogen and oxygen atoms in total. The van der Waals surface area contributed by atoms with Gasteiger partial charge < -0.3 is 14.8 Å². The molecule has 1 amide bonds. The molecule has 3 atom stereocenters. The van der Waals surface area contributed by atoms with E-state index in [0.717, 1.165) is 30.6 Å². The standard InChI is InChI=1S/C13H15NO4/c15-12(8-6-9(8)13(16)17)14-10-2-1-3-11-7(10)4-5-18-11/h4-5,8-10H,1-3,6H2,(H,14,15)(H,16,17)/t8-,9+,10?/m1/s1. The van der Waals surface area contributed by atoms with E-state index in [2.05, 4.69) is 5.32 Å². The Balaban J connectivity index is 1.65. The van der Waals surface area contributed by atoms with Crippen LogP contribution in [0.15, 0.2) is 16.7 Å². The summed E-state index contributed by atoms with van der Waals surface area (Å²) in [5, 5.41) is 11.8. The number of nitrogens with one attached hydrogen (secondary N) is 1. The van der Waals surface area contributed by atoms with Crippen LogP contribution in [0.1, 0.15) is 36.6 Å². The summed E-state index contributed by atoms with van der Waals surface area (Å²) in [5.74, 6) is -0.904. The molecule has 0 bridgehead atoms. The first-order chi connectivity index (χ1) is 8.66. The number of carbonyl (C=O) groups excluding carboxylic acids is 1. The summed E-state index contributed by atoms with van der Waals surface area (Å²) in [5.41, 5.74) is 1.04. The first-order valence-electron chi connectivity index (χ1n) is 6.26. The third kappa shape index (κ3) is 1.89. The number of aliphatic carboxylic acids is 1. The van der Waals surface area contributed by atoms with Crippen LogP contribution in [0, 0.1) is 11.8 Å². The quantitative estimate of drug-likeness (QED) is 0.850. The highest BCUT2D eigenvalue weighted by Crippen LogP contribution is 2.40. The zero-order valence-electron chi connectivity index (χ0n) is 9.89. The fraction of sp³-hybridized carbons (Fsp3) is 0.538. The number of furan rings is 1. The van der Waals surface area contributed by atoms with Gasteiger partial charge in [0.1, 0.15) is 5.76 Å². The molecule has 0 aromatic carbocycles. The smallest absolute Gasteiger partial charge is 0.307 e. The predicted molar refractivity (Wildman–Crippen MR) is 61.8 cm³/mol. The third-order valence-electron chi connectivity index (χ3n) is 3.81. The predicted octanol–water partition coefficient (Wildman–Crippen LogP) is 1.49. The molecule has 5 heteroatoms. The molecule has 0 radical (unpaired) electrons. The van der Waals surface area contributed by atoms with Gasteiger partial charge in [0.05, 0.1) is 24.1 Å². The number of hydrogen-bond donors (Lipinski definition) is 2. The zero-order chi connectivity index (χ0) is 12.7. The molecule has 1 fully saturated rings. The Morgan fingerprint density at radius 2 is 2.22 bits per heavy atom. The maximum absolute atomic E-state index is 11.9. The van der Waals surface area contributed by atoms with Crippen molar-refractivity contribution in [2.45, 2.75) is 31.7 Å². The molecule has 2 aliphatic carbocycles. The zero-order valence-corrected chi connectivity index (χ0v) is 9.89. The number of hydrogen-bond acceptors (Lipinski definition) is 3. The highest BCUT2D eigenvalue weighted by molar-refractivity contribution is 5.89. The molecule has 3 rings (SSSR count). The second-order valence-corrected chi connectivity index (χ2v) is 5.04. The Morgan fingerprint density at radius 3 is 2.94 bits per heavy atom. The molecular weight excluding hydrogens is 234 g/mol. The average Bonchev–Trinajstić information content (AvgIpc) is 3.01. The van der Waals surface area contributed by atoms with E-state index in [1.807, 2.05) is 6.07 Å². The van der Waals surface area contributed by atoms with Gasteiger partial charge in [-0.05, 0) is 25.3 Å². The van der Waals surface area contributed by atoms with Gasteiger partial charge in [-0.3, -0.25) is 9.59 Å². The van der Waals surface area contributed by atoms with Crippen LogP contribution in [-0.2, 0) is 16.0 Å². The molecule has 0 saturated heterocycles.